The van der Waals surface area contributed by atoms with Gasteiger partial charge in [-0.2, -0.15) is 0 Å². The second kappa shape index (κ2) is 22.5. The van der Waals surface area contributed by atoms with Gasteiger partial charge in [-0.05, 0) is 67.7 Å². The van der Waals surface area contributed by atoms with Crippen molar-refractivity contribution in [2.24, 2.45) is 5.92 Å². The van der Waals surface area contributed by atoms with Gasteiger partial charge < -0.3 is 25.3 Å². The molecule has 0 saturated carbocycles. The first-order valence-corrected chi connectivity index (χ1v) is 20.3. The Labute approximate surface area is 296 Å². The van der Waals surface area contributed by atoms with Crippen LogP contribution in [0.4, 0.5) is 5.69 Å². The predicted molar refractivity (Wildman–Crippen MR) is 201 cm³/mol. The van der Waals surface area contributed by atoms with Crippen molar-refractivity contribution >= 4 is 33.5 Å². The lowest BCUT2D eigenvalue weighted by Crippen LogP contribution is -2.39. The number of hydrogen-bond donors (Lipinski definition) is 4. The van der Waals surface area contributed by atoms with Crippen LogP contribution in [0.2, 0.25) is 0 Å². The van der Waals surface area contributed by atoms with E-state index in [2.05, 4.69) is 87.3 Å². The number of anilines is 1. The normalized spacial score (nSPS) is 17.9. The molecule has 1 aliphatic heterocycles. The van der Waals surface area contributed by atoms with E-state index in [-0.39, 0.29) is 26.4 Å². The number of aromatic nitrogens is 1. The lowest BCUT2D eigenvalue weighted by atomic mass is 9.87. The van der Waals surface area contributed by atoms with Crippen molar-refractivity contribution in [3.63, 3.8) is 0 Å². The molecule has 0 fully saturated rings. The van der Waals surface area contributed by atoms with Gasteiger partial charge in [-0.3, -0.25) is 4.90 Å². The molecule has 2 heterocycles. The van der Waals surface area contributed by atoms with Gasteiger partial charge in [0, 0.05) is 62.5 Å². The monoisotopic (exact) mass is 698 g/mol. The van der Waals surface area contributed by atoms with Crippen LogP contribution >= 0.6 is 21.6 Å². The van der Waals surface area contributed by atoms with Crippen LogP contribution in [0.15, 0.2) is 72.6 Å². The van der Waals surface area contributed by atoms with Crippen LogP contribution in [-0.4, -0.2) is 119 Å². The standard InChI is InChI=1S/C38H58N4O4S2/c43-27-21-41(22-28-44)37-9-5-33(6-10-37)1-3-35-13-17-39(18-14-35)25-31-47-48-32-26-40-19-15-36(16-20-40)4-2-34-7-11-38(12-8-34)42(23-29-45)24-30-46/h5-7,9-11,13-15,17-19,34,38,43-46H,1-4,8,12,16,20-32H2/q+2. The van der Waals surface area contributed by atoms with E-state index in [9.17, 15) is 20.4 Å². The first kappa shape index (κ1) is 38.6. The lowest BCUT2D eigenvalue weighted by molar-refractivity contribution is -0.692. The Kier molecular flexibility index (Phi) is 18.1. The number of allylic oxidation sites excluding steroid dienone is 2. The van der Waals surface area contributed by atoms with Crippen molar-refractivity contribution in [2.75, 3.05) is 82.1 Å². The highest BCUT2D eigenvalue weighted by atomic mass is 33.1. The minimum Gasteiger partial charge on any atom is -0.395 e. The van der Waals surface area contributed by atoms with Crippen molar-refractivity contribution < 1.29 is 29.6 Å². The highest BCUT2D eigenvalue weighted by molar-refractivity contribution is 8.76. The molecule has 4 rings (SSSR count). The van der Waals surface area contributed by atoms with Gasteiger partial charge in [-0.25, -0.2) is 9.14 Å². The number of hydrogen-bond acceptors (Lipinski definition) is 8. The second-order valence-corrected chi connectivity index (χ2v) is 15.5. The average Bonchev–Trinajstić information content (AvgIpc) is 3.12. The van der Waals surface area contributed by atoms with Crippen LogP contribution in [0.3, 0.4) is 0 Å². The Morgan fingerprint density at radius 2 is 1.35 bits per heavy atom. The minimum atomic E-state index is 0.0771. The first-order valence-electron chi connectivity index (χ1n) is 17.8. The van der Waals surface area contributed by atoms with E-state index in [0.29, 0.717) is 38.1 Å². The molecule has 1 aromatic heterocycles. The molecule has 0 radical (unpaired) electrons. The van der Waals surface area contributed by atoms with Crippen molar-refractivity contribution in [1.29, 1.82) is 0 Å². The fourth-order valence-corrected chi connectivity index (χ4v) is 8.51. The summed E-state index contributed by atoms with van der Waals surface area (Å²) in [5, 5.41) is 37.2. The van der Waals surface area contributed by atoms with Gasteiger partial charge in [0.1, 0.15) is 6.54 Å². The average molecular weight is 699 g/mol. The van der Waals surface area contributed by atoms with Crippen LogP contribution in [0, 0.1) is 5.92 Å². The Morgan fingerprint density at radius 3 is 1.94 bits per heavy atom. The van der Waals surface area contributed by atoms with Gasteiger partial charge >= 0.3 is 0 Å². The van der Waals surface area contributed by atoms with Crippen molar-refractivity contribution in [2.45, 2.75) is 57.5 Å². The zero-order chi connectivity index (χ0) is 33.8. The smallest absolute Gasteiger partial charge is 0.169 e. The molecule has 2 atom stereocenters. The van der Waals surface area contributed by atoms with E-state index in [1.807, 2.05) is 26.5 Å². The molecule has 1 aliphatic carbocycles. The summed E-state index contributed by atoms with van der Waals surface area (Å²) in [6.45, 7) is 5.99. The number of aryl methyl sites for hydroxylation is 3. The molecule has 4 N–H and O–H groups in total. The van der Waals surface area contributed by atoms with Crippen LogP contribution in [0.1, 0.15) is 43.2 Å². The van der Waals surface area contributed by atoms with Crippen molar-refractivity contribution in [3.8, 4) is 0 Å². The summed E-state index contributed by atoms with van der Waals surface area (Å²) < 4.78 is 4.74. The largest absolute Gasteiger partial charge is 0.395 e. The maximum Gasteiger partial charge on any atom is 0.169 e. The number of pyridine rings is 1. The van der Waals surface area contributed by atoms with Crippen LogP contribution in [0.5, 0.6) is 0 Å². The molecule has 10 heteroatoms. The summed E-state index contributed by atoms with van der Waals surface area (Å²) in [4.78, 5) is 4.19. The molecule has 0 amide bonds. The number of aliphatic hydroxyl groups excluding tert-OH is 4. The summed E-state index contributed by atoms with van der Waals surface area (Å²) in [5.41, 5.74) is 5.24. The van der Waals surface area contributed by atoms with E-state index >= 15 is 0 Å². The van der Waals surface area contributed by atoms with Gasteiger partial charge in [0.25, 0.3) is 0 Å². The molecule has 1 aromatic carbocycles. The molecule has 8 nitrogen and oxygen atoms in total. The van der Waals surface area contributed by atoms with E-state index in [1.54, 1.807) is 5.57 Å². The maximum atomic E-state index is 9.32. The molecular formula is C38H58N4O4S2+2. The first-order chi connectivity index (χ1) is 23.6. The zero-order valence-corrected chi connectivity index (χ0v) is 30.3. The maximum absolute atomic E-state index is 9.32. The molecule has 2 aliphatic rings. The molecule has 264 valence electrons. The molecule has 2 aromatic rings. The lowest BCUT2D eigenvalue weighted by Gasteiger charge is -2.32. The number of aliphatic hydroxyl groups is 4. The number of benzene rings is 1. The summed E-state index contributed by atoms with van der Waals surface area (Å²) >= 11 is 0. The molecule has 48 heavy (non-hydrogen) atoms. The van der Waals surface area contributed by atoms with Gasteiger partial charge in [-0.1, -0.05) is 51.4 Å². The Bertz CT molecular complexity index is 1260. The molecule has 0 bridgehead atoms. The predicted octanol–water partition coefficient (Wildman–Crippen LogP) is 3.75. The highest BCUT2D eigenvalue weighted by Gasteiger charge is 2.21. The van der Waals surface area contributed by atoms with Crippen LogP contribution < -0.4 is 9.47 Å². The topological polar surface area (TPSA) is 94.3 Å². The third-order valence-corrected chi connectivity index (χ3v) is 11.8. The third-order valence-electron chi connectivity index (χ3n) is 9.44. The van der Waals surface area contributed by atoms with Gasteiger partial charge in [0.15, 0.2) is 31.7 Å². The molecular weight excluding hydrogens is 641 g/mol. The quantitative estimate of drug-likeness (QED) is 0.0604. The molecule has 2 unspecified atom stereocenters. The van der Waals surface area contributed by atoms with Crippen LogP contribution in [-0.2, 0) is 19.4 Å². The third kappa shape index (κ3) is 13.6. The van der Waals surface area contributed by atoms with E-state index in [4.69, 9.17) is 0 Å². The highest BCUT2D eigenvalue weighted by Crippen LogP contribution is 2.27. The number of nitrogens with zero attached hydrogens (tertiary/aromatic N) is 4. The van der Waals surface area contributed by atoms with E-state index < -0.39 is 0 Å². The fourth-order valence-electron chi connectivity index (χ4n) is 6.52. The summed E-state index contributed by atoms with van der Waals surface area (Å²) in [7, 11) is 3.94. The van der Waals surface area contributed by atoms with Crippen molar-refractivity contribution in [1.82, 2.24) is 4.90 Å². The van der Waals surface area contributed by atoms with Crippen molar-refractivity contribution in [3.05, 3.63) is 83.7 Å². The minimum absolute atomic E-state index is 0.0771. The molecule has 0 spiro atoms. The van der Waals surface area contributed by atoms with Gasteiger partial charge in [0.05, 0.1) is 37.9 Å². The van der Waals surface area contributed by atoms with E-state index in [1.165, 1.54) is 36.8 Å². The summed E-state index contributed by atoms with van der Waals surface area (Å²) in [5.74, 6) is 2.86. The summed E-state index contributed by atoms with van der Waals surface area (Å²) in [6, 6.07) is 13.3. The fraction of sp³-hybridized carbons (Fsp3) is 0.579. The van der Waals surface area contributed by atoms with Crippen LogP contribution in [0.25, 0.3) is 0 Å². The molecule has 0 saturated heterocycles. The Balaban J connectivity index is 1.06. The Morgan fingerprint density at radius 1 is 0.708 bits per heavy atom. The van der Waals surface area contributed by atoms with E-state index in [0.717, 1.165) is 56.1 Å². The SMILES string of the molecule is OCCN(CCO)c1ccc(CCc2cc[n+](CCSSCC[N+]3=CC=C(CCC4C=CC(N(CCO)CCO)CC4)CC3)cc2)cc1. The summed E-state index contributed by atoms with van der Waals surface area (Å²) in [6.07, 6.45) is 21.6. The second-order valence-electron chi connectivity index (χ2n) is 12.8. The Hall–Kier alpha value is -2.18. The zero-order valence-electron chi connectivity index (χ0n) is 28.6. The van der Waals surface area contributed by atoms with Gasteiger partial charge in [0.2, 0.25) is 0 Å². The number of rotatable bonds is 23. The van der Waals surface area contributed by atoms with Gasteiger partial charge in [-0.15, -0.1) is 0 Å².